The quantitative estimate of drug-likeness (QED) is 0.134. The van der Waals surface area contributed by atoms with Crippen molar-refractivity contribution in [3.05, 3.63) is 115 Å². The molecule has 0 aliphatic carbocycles. The van der Waals surface area contributed by atoms with Gasteiger partial charge in [0.25, 0.3) is 0 Å². The van der Waals surface area contributed by atoms with E-state index < -0.39 is 14.0 Å². The summed E-state index contributed by atoms with van der Waals surface area (Å²) in [5.74, 6) is -0.633. The molecule has 0 aliphatic heterocycles. The standard InChI is InChI=1S/C20H16NS.C14H16NSi.Ir/c1-13(2)14-10-11-21-18(12-14)17-8-5-7-16-15-6-3-4-9-19(15)22-20(16)17;1-16(2,3)13-9-10-14(15-11-13)12-7-5-4-6-8-12;/h3-7,9-13H,1-2H3;4-7,9-11H,1-3H3;/q2*-1;/i13D;;. The maximum atomic E-state index is 8.25. The Kier molecular flexibility index (Phi) is 8.84. The van der Waals surface area contributed by atoms with Crippen molar-refractivity contribution < 1.29 is 21.5 Å². The van der Waals surface area contributed by atoms with Gasteiger partial charge in [0.1, 0.15) is 0 Å². The summed E-state index contributed by atoms with van der Waals surface area (Å²) in [5.41, 5.74) is 4.94. The zero-order valence-corrected chi connectivity index (χ0v) is 27.1. The molecule has 6 aromatic rings. The number of rotatable bonds is 4. The zero-order valence-electron chi connectivity index (χ0n) is 23.9. The van der Waals surface area contributed by atoms with Gasteiger partial charge in [0.05, 0.1) is 8.07 Å². The monoisotopic (exact) mass is 722 g/mol. The van der Waals surface area contributed by atoms with Gasteiger partial charge >= 0.3 is 0 Å². The van der Waals surface area contributed by atoms with Crippen molar-refractivity contribution in [1.82, 2.24) is 9.97 Å². The molecule has 0 amide bonds. The van der Waals surface area contributed by atoms with E-state index in [9.17, 15) is 0 Å². The number of pyridine rings is 2. The van der Waals surface area contributed by atoms with Crippen molar-refractivity contribution in [3.63, 3.8) is 0 Å². The Hall–Kier alpha value is -2.95. The molecule has 2 nitrogen and oxygen atoms in total. The maximum absolute atomic E-state index is 8.25. The molecule has 0 bridgehead atoms. The second-order valence-electron chi connectivity index (χ2n) is 10.6. The summed E-state index contributed by atoms with van der Waals surface area (Å²) < 4.78 is 10.7. The van der Waals surface area contributed by atoms with Crippen LogP contribution < -0.4 is 5.19 Å². The van der Waals surface area contributed by atoms with Crippen molar-refractivity contribution in [2.24, 2.45) is 0 Å². The summed E-state index contributed by atoms with van der Waals surface area (Å²) in [6.45, 7) is 10.8. The molecule has 0 atom stereocenters. The molecule has 0 aliphatic rings. The number of benzene rings is 3. The second kappa shape index (κ2) is 12.5. The van der Waals surface area contributed by atoms with Crippen LogP contribution in [-0.4, -0.2) is 18.0 Å². The topological polar surface area (TPSA) is 25.8 Å². The SMILES string of the molecule is C[Si](C)(C)c1ccc(-c2[c-]cccc2)nc1.[2H]C(C)(C)c1ccnc(-c2[c-]ccc3c2sc2ccccc23)c1.[Ir]. The third-order valence-electron chi connectivity index (χ3n) is 6.55. The van der Waals surface area contributed by atoms with Gasteiger partial charge in [-0.25, -0.2) is 0 Å². The molecule has 0 fully saturated rings. The molecule has 3 aromatic carbocycles. The van der Waals surface area contributed by atoms with Gasteiger partial charge in [0.15, 0.2) is 0 Å². The van der Waals surface area contributed by atoms with Crippen LogP contribution in [0.4, 0.5) is 0 Å². The van der Waals surface area contributed by atoms with Crippen LogP contribution in [0, 0.1) is 12.1 Å². The predicted octanol–water partition coefficient (Wildman–Crippen LogP) is 9.13. The first-order chi connectivity index (χ1) is 18.6. The number of aromatic nitrogens is 2. The van der Waals surface area contributed by atoms with Crippen LogP contribution in [-0.2, 0) is 20.1 Å². The number of nitrogens with zero attached hydrogens (tertiary/aromatic N) is 2. The van der Waals surface area contributed by atoms with Crippen molar-refractivity contribution in [1.29, 1.82) is 0 Å². The van der Waals surface area contributed by atoms with Crippen LogP contribution in [0.5, 0.6) is 0 Å². The van der Waals surface area contributed by atoms with Crippen LogP contribution in [0.3, 0.4) is 0 Å². The average molecular weight is 722 g/mol. The first-order valence-corrected chi connectivity index (χ1v) is 17.2. The Balaban J connectivity index is 0.000000192. The van der Waals surface area contributed by atoms with Gasteiger partial charge in [0, 0.05) is 38.6 Å². The summed E-state index contributed by atoms with van der Waals surface area (Å²) in [6.07, 6.45) is 3.81. The molecule has 199 valence electrons. The van der Waals surface area contributed by atoms with E-state index in [0.29, 0.717) is 0 Å². The molecule has 39 heavy (non-hydrogen) atoms. The summed E-state index contributed by atoms with van der Waals surface area (Å²) >= 11 is 1.78. The Bertz CT molecular complexity index is 1720. The minimum absolute atomic E-state index is 0. The molecule has 0 saturated heterocycles. The Morgan fingerprint density at radius 3 is 2.31 bits per heavy atom. The van der Waals surface area contributed by atoms with Gasteiger partial charge in [0.2, 0.25) is 0 Å². The first kappa shape index (κ1) is 27.6. The van der Waals surface area contributed by atoms with Crippen molar-refractivity contribution >= 4 is 44.8 Å². The van der Waals surface area contributed by atoms with Gasteiger partial charge in [-0.15, -0.1) is 59.7 Å². The van der Waals surface area contributed by atoms with Crippen LogP contribution in [0.15, 0.2) is 97.3 Å². The molecule has 0 N–H and O–H groups in total. The van der Waals surface area contributed by atoms with E-state index in [2.05, 4.69) is 84.2 Å². The maximum Gasteiger partial charge on any atom is 0.0795 e. The van der Waals surface area contributed by atoms with Gasteiger partial charge in [-0.1, -0.05) is 80.8 Å². The van der Waals surface area contributed by atoms with Crippen LogP contribution >= 0.6 is 11.3 Å². The Morgan fingerprint density at radius 2 is 1.62 bits per heavy atom. The predicted molar refractivity (Wildman–Crippen MR) is 167 cm³/mol. The fourth-order valence-corrected chi connectivity index (χ4v) is 6.55. The summed E-state index contributed by atoms with van der Waals surface area (Å²) in [4.78, 5) is 9.05. The van der Waals surface area contributed by atoms with Gasteiger partial charge in [-0.3, -0.25) is 0 Å². The third kappa shape index (κ3) is 6.62. The normalized spacial score (nSPS) is 11.9. The first-order valence-electron chi connectivity index (χ1n) is 13.3. The van der Waals surface area contributed by atoms with E-state index in [-0.39, 0.29) is 20.1 Å². The molecule has 0 spiro atoms. The van der Waals surface area contributed by atoms with Gasteiger partial charge in [-0.05, 0) is 44.7 Å². The van der Waals surface area contributed by atoms with E-state index in [1.807, 2.05) is 62.5 Å². The van der Waals surface area contributed by atoms with E-state index in [4.69, 9.17) is 1.37 Å². The second-order valence-corrected chi connectivity index (χ2v) is 16.7. The van der Waals surface area contributed by atoms with Crippen molar-refractivity contribution in [2.75, 3.05) is 0 Å². The molecular formula is C34H32IrN2SSi-2. The van der Waals surface area contributed by atoms with E-state index in [1.54, 1.807) is 17.5 Å². The van der Waals surface area contributed by atoms with Crippen molar-refractivity contribution in [3.8, 4) is 22.5 Å². The average Bonchev–Trinajstić information content (AvgIpc) is 3.32. The smallest absolute Gasteiger partial charge is 0.0795 e. The number of hydrogen-bond acceptors (Lipinski definition) is 3. The van der Waals surface area contributed by atoms with Crippen LogP contribution in [0.25, 0.3) is 42.7 Å². The van der Waals surface area contributed by atoms with E-state index in [1.165, 1.54) is 25.4 Å². The number of thiophene rings is 1. The molecule has 3 heterocycles. The zero-order chi connectivity index (χ0) is 27.6. The largest absolute Gasteiger partial charge is 0.305 e. The molecule has 6 rings (SSSR count). The molecule has 3 aromatic heterocycles. The van der Waals surface area contributed by atoms with Gasteiger partial charge < -0.3 is 9.97 Å². The summed E-state index contributed by atoms with van der Waals surface area (Å²) in [7, 11) is -1.23. The summed E-state index contributed by atoms with van der Waals surface area (Å²) in [6, 6.07) is 35.3. The molecule has 0 saturated carbocycles. The minimum Gasteiger partial charge on any atom is -0.305 e. The van der Waals surface area contributed by atoms with Crippen LogP contribution in [0.2, 0.25) is 19.6 Å². The molecular weight excluding hydrogens is 689 g/mol. The Labute approximate surface area is 252 Å². The Morgan fingerprint density at radius 1 is 0.821 bits per heavy atom. The van der Waals surface area contributed by atoms with Crippen LogP contribution in [0.1, 0.15) is 26.7 Å². The summed E-state index contributed by atoms with van der Waals surface area (Å²) in [5, 5.41) is 3.92. The van der Waals surface area contributed by atoms with E-state index in [0.717, 1.165) is 28.1 Å². The fraction of sp³-hybridized carbons (Fsp3) is 0.176. The van der Waals surface area contributed by atoms with Gasteiger partial charge in [-0.2, -0.15) is 11.3 Å². The number of fused-ring (bicyclic) bond motifs is 3. The molecule has 5 heteroatoms. The van der Waals surface area contributed by atoms with Crippen molar-refractivity contribution in [2.45, 2.75) is 39.4 Å². The van der Waals surface area contributed by atoms with E-state index >= 15 is 0 Å². The molecule has 0 unspecified atom stereocenters. The third-order valence-corrected chi connectivity index (χ3v) is 9.78. The number of hydrogen-bond donors (Lipinski definition) is 0. The molecule has 1 radical (unpaired) electrons. The fourth-order valence-electron chi connectivity index (χ4n) is 4.31. The minimum atomic E-state index is -1.23.